The van der Waals surface area contributed by atoms with E-state index in [-0.39, 0.29) is 17.9 Å². The van der Waals surface area contributed by atoms with Crippen LogP contribution in [0.5, 0.6) is 0 Å². The van der Waals surface area contributed by atoms with Crippen LogP contribution in [-0.4, -0.2) is 35.3 Å². The second kappa shape index (κ2) is 9.76. The second-order valence-corrected chi connectivity index (χ2v) is 6.82. The molecule has 0 bridgehead atoms. The van der Waals surface area contributed by atoms with Crippen LogP contribution in [0.15, 0.2) is 60.7 Å². The van der Waals surface area contributed by atoms with Gasteiger partial charge in [-0.15, -0.1) is 0 Å². The Morgan fingerprint density at radius 2 is 1.42 bits per heavy atom. The molecule has 1 unspecified atom stereocenters. The van der Waals surface area contributed by atoms with Gasteiger partial charge in [-0.1, -0.05) is 60.7 Å². The standard InChI is InChI=1S/C22H28N2O2/c1-17(2)23-22(26)18(3)24(15-14-19-10-6-4-7-11-19)21(25)16-20-12-8-5-9-13-20/h4-13,17-18H,14-16H2,1-3H3,(H,23,26). The molecule has 0 aromatic heterocycles. The van der Waals surface area contributed by atoms with Gasteiger partial charge in [0.15, 0.2) is 0 Å². The highest BCUT2D eigenvalue weighted by Gasteiger charge is 2.26. The van der Waals surface area contributed by atoms with Gasteiger partial charge >= 0.3 is 0 Å². The van der Waals surface area contributed by atoms with Crippen molar-refractivity contribution in [2.24, 2.45) is 0 Å². The van der Waals surface area contributed by atoms with Crippen LogP contribution in [0, 0.1) is 0 Å². The zero-order valence-electron chi connectivity index (χ0n) is 15.8. The first kappa shape index (κ1) is 19.7. The van der Waals surface area contributed by atoms with E-state index in [4.69, 9.17) is 0 Å². The van der Waals surface area contributed by atoms with Crippen molar-refractivity contribution in [1.82, 2.24) is 10.2 Å². The maximum absolute atomic E-state index is 12.9. The molecule has 0 aliphatic rings. The molecule has 2 amide bonds. The third kappa shape index (κ3) is 6.03. The zero-order valence-corrected chi connectivity index (χ0v) is 15.8. The third-order valence-electron chi connectivity index (χ3n) is 4.28. The van der Waals surface area contributed by atoms with E-state index in [1.165, 1.54) is 0 Å². The van der Waals surface area contributed by atoms with Gasteiger partial charge in [-0.05, 0) is 38.3 Å². The largest absolute Gasteiger partial charge is 0.352 e. The first-order chi connectivity index (χ1) is 12.5. The van der Waals surface area contributed by atoms with Crippen LogP contribution in [0.25, 0.3) is 0 Å². The van der Waals surface area contributed by atoms with Crippen LogP contribution >= 0.6 is 0 Å². The molecule has 26 heavy (non-hydrogen) atoms. The van der Waals surface area contributed by atoms with E-state index >= 15 is 0 Å². The first-order valence-electron chi connectivity index (χ1n) is 9.15. The molecule has 2 aromatic carbocycles. The molecule has 0 saturated carbocycles. The molecule has 0 fully saturated rings. The highest BCUT2D eigenvalue weighted by Crippen LogP contribution is 2.10. The molecule has 0 spiro atoms. The van der Waals surface area contributed by atoms with Crippen LogP contribution in [-0.2, 0) is 22.4 Å². The first-order valence-corrected chi connectivity index (χ1v) is 9.15. The van der Waals surface area contributed by atoms with Crippen molar-refractivity contribution in [1.29, 1.82) is 0 Å². The summed E-state index contributed by atoms with van der Waals surface area (Å²) >= 11 is 0. The van der Waals surface area contributed by atoms with Crippen molar-refractivity contribution in [2.75, 3.05) is 6.54 Å². The molecular weight excluding hydrogens is 324 g/mol. The summed E-state index contributed by atoms with van der Waals surface area (Å²) in [6.07, 6.45) is 1.02. The Hall–Kier alpha value is -2.62. The molecule has 0 heterocycles. The number of amides is 2. The Bertz CT molecular complexity index is 699. The van der Waals surface area contributed by atoms with Gasteiger partial charge < -0.3 is 10.2 Å². The molecule has 4 heteroatoms. The maximum Gasteiger partial charge on any atom is 0.242 e. The van der Waals surface area contributed by atoms with Gasteiger partial charge in [-0.3, -0.25) is 9.59 Å². The van der Waals surface area contributed by atoms with Crippen LogP contribution in [0.2, 0.25) is 0 Å². The summed E-state index contributed by atoms with van der Waals surface area (Å²) in [7, 11) is 0. The predicted octanol–water partition coefficient (Wildman–Crippen LogP) is 3.21. The number of nitrogens with zero attached hydrogens (tertiary/aromatic N) is 1. The van der Waals surface area contributed by atoms with Gasteiger partial charge in [0, 0.05) is 12.6 Å². The van der Waals surface area contributed by atoms with Gasteiger partial charge in [0.05, 0.1) is 6.42 Å². The summed E-state index contributed by atoms with van der Waals surface area (Å²) in [6, 6.07) is 19.2. The molecule has 0 saturated heterocycles. The number of carbonyl (C=O) groups is 2. The summed E-state index contributed by atoms with van der Waals surface area (Å²) in [6.45, 7) is 6.16. The maximum atomic E-state index is 12.9. The predicted molar refractivity (Wildman–Crippen MR) is 105 cm³/mol. The van der Waals surface area contributed by atoms with Gasteiger partial charge in [-0.25, -0.2) is 0 Å². The minimum Gasteiger partial charge on any atom is -0.352 e. The van der Waals surface area contributed by atoms with Gasteiger partial charge in [-0.2, -0.15) is 0 Å². The zero-order chi connectivity index (χ0) is 18.9. The molecule has 4 nitrogen and oxygen atoms in total. The second-order valence-electron chi connectivity index (χ2n) is 6.82. The SMILES string of the molecule is CC(C)NC(=O)C(C)N(CCc1ccccc1)C(=O)Cc1ccccc1. The molecule has 2 rings (SSSR count). The summed E-state index contributed by atoms with van der Waals surface area (Å²) in [4.78, 5) is 27.1. The quantitative estimate of drug-likeness (QED) is 0.793. The molecule has 138 valence electrons. The molecule has 0 aliphatic carbocycles. The topological polar surface area (TPSA) is 49.4 Å². The monoisotopic (exact) mass is 352 g/mol. The lowest BCUT2D eigenvalue weighted by molar-refractivity contribution is -0.139. The Morgan fingerprint density at radius 3 is 1.96 bits per heavy atom. The third-order valence-corrected chi connectivity index (χ3v) is 4.28. The van der Waals surface area contributed by atoms with E-state index in [1.54, 1.807) is 11.8 Å². The fourth-order valence-electron chi connectivity index (χ4n) is 2.85. The Labute approximate surface area is 156 Å². The van der Waals surface area contributed by atoms with E-state index in [2.05, 4.69) is 5.32 Å². The summed E-state index contributed by atoms with van der Waals surface area (Å²) in [5.74, 6) is -0.145. The van der Waals surface area contributed by atoms with E-state index in [9.17, 15) is 9.59 Å². The number of nitrogens with one attached hydrogen (secondary N) is 1. The van der Waals surface area contributed by atoms with Crippen LogP contribution in [0.1, 0.15) is 31.9 Å². The number of rotatable bonds is 8. The number of carbonyl (C=O) groups excluding carboxylic acids is 2. The minimum atomic E-state index is -0.502. The minimum absolute atomic E-state index is 0.0291. The summed E-state index contributed by atoms with van der Waals surface area (Å²) in [5, 5.41) is 2.91. The van der Waals surface area contributed by atoms with E-state index in [1.807, 2.05) is 74.5 Å². The van der Waals surface area contributed by atoms with E-state index in [0.29, 0.717) is 13.0 Å². The van der Waals surface area contributed by atoms with Crippen LogP contribution < -0.4 is 5.32 Å². The average molecular weight is 352 g/mol. The van der Waals surface area contributed by atoms with Crippen molar-refractivity contribution < 1.29 is 9.59 Å². The highest BCUT2D eigenvalue weighted by molar-refractivity contribution is 5.88. The lowest BCUT2D eigenvalue weighted by Gasteiger charge is -2.29. The highest BCUT2D eigenvalue weighted by atomic mass is 16.2. The van der Waals surface area contributed by atoms with Crippen molar-refractivity contribution in [2.45, 2.75) is 45.7 Å². The molecular formula is C22H28N2O2. The van der Waals surface area contributed by atoms with Crippen molar-refractivity contribution in [3.63, 3.8) is 0 Å². The van der Waals surface area contributed by atoms with Gasteiger partial charge in [0.25, 0.3) is 0 Å². The number of hydrogen-bond donors (Lipinski definition) is 1. The normalized spacial score (nSPS) is 11.8. The Morgan fingerprint density at radius 1 is 0.885 bits per heavy atom. The fraction of sp³-hybridized carbons (Fsp3) is 0.364. The lowest BCUT2D eigenvalue weighted by atomic mass is 10.1. The van der Waals surface area contributed by atoms with Gasteiger partial charge in [0.1, 0.15) is 6.04 Å². The van der Waals surface area contributed by atoms with E-state index in [0.717, 1.165) is 17.5 Å². The van der Waals surface area contributed by atoms with E-state index < -0.39 is 6.04 Å². The summed E-state index contributed by atoms with van der Waals surface area (Å²) in [5.41, 5.74) is 2.11. The van der Waals surface area contributed by atoms with Crippen LogP contribution in [0.4, 0.5) is 0 Å². The molecule has 0 aliphatic heterocycles. The number of benzene rings is 2. The molecule has 1 N–H and O–H groups in total. The smallest absolute Gasteiger partial charge is 0.242 e. The Balaban J connectivity index is 2.11. The fourth-order valence-corrected chi connectivity index (χ4v) is 2.85. The Kier molecular flexibility index (Phi) is 7.39. The van der Waals surface area contributed by atoms with Crippen molar-refractivity contribution in [3.8, 4) is 0 Å². The average Bonchev–Trinajstić information content (AvgIpc) is 2.63. The van der Waals surface area contributed by atoms with Crippen molar-refractivity contribution in [3.05, 3.63) is 71.8 Å². The van der Waals surface area contributed by atoms with Crippen molar-refractivity contribution >= 4 is 11.8 Å². The molecule has 1 atom stereocenters. The molecule has 0 radical (unpaired) electrons. The van der Waals surface area contributed by atoms with Crippen LogP contribution in [0.3, 0.4) is 0 Å². The lowest BCUT2D eigenvalue weighted by Crippen LogP contribution is -2.50. The summed E-state index contributed by atoms with van der Waals surface area (Å²) < 4.78 is 0. The molecule has 2 aromatic rings. The number of hydrogen-bond acceptors (Lipinski definition) is 2. The van der Waals surface area contributed by atoms with Gasteiger partial charge in [0.2, 0.25) is 11.8 Å².